The first-order chi connectivity index (χ1) is 11.9. The van der Waals surface area contributed by atoms with Crippen LogP contribution in [0.5, 0.6) is 0 Å². The number of carbonyl (C=O) groups excluding carboxylic acids is 2. The molecule has 3 aliphatic heterocycles. The third-order valence-corrected chi connectivity index (χ3v) is 7.71. The Kier molecular flexibility index (Phi) is 3.96. The molecule has 25 heavy (non-hydrogen) atoms. The molecular formula is C18H22N2O4S. The Bertz CT molecular complexity index is 788. The summed E-state index contributed by atoms with van der Waals surface area (Å²) in [6.07, 6.45) is 3.27. The van der Waals surface area contributed by atoms with Crippen molar-refractivity contribution >= 4 is 21.8 Å². The molecule has 0 aliphatic carbocycles. The summed E-state index contributed by atoms with van der Waals surface area (Å²) in [4.78, 5) is 25.8. The Morgan fingerprint density at radius 1 is 0.880 bits per heavy atom. The molecule has 2 bridgehead atoms. The van der Waals surface area contributed by atoms with E-state index in [9.17, 15) is 18.0 Å². The number of fused-ring (bicyclic) bond motifs is 2. The van der Waals surface area contributed by atoms with Gasteiger partial charge in [-0.2, -0.15) is 4.31 Å². The van der Waals surface area contributed by atoms with Gasteiger partial charge in [-0.3, -0.25) is 14.5 Å². The number of sulfonamides is 1. The van der Waals surface area contributed by atoms with Crippen LogP contribution in [0.15, 0.2) is 29.2 Å². The fraction of sp³-hybridized carbons (Fsp3) is 0.556. The Morgan fingerprint density at radius 3 is 1.92 bits per heavy atom. The van der Waals surface area contributed by atoms with Crippen molar-refractivity contribution in [1.29, 1.82) is 0 Å². The normalized spacial score (nSPS) is 30.3. The summed E-state index contributed by atoms with van der Waals surface area (Å²) in [5.41, 5.74) is 1.02. The molecule has 0 spiro atoms. The molecule has 4 rings (SSSR count). The summed E-state index contributed by atoms with van der Waals surface area (Å²) in [5.74, 6) is -0.214. The van der Waals surface area contributed by atoms with Crippen LogP contribution in [0.3, 0.4) is 0 Å². The monoisotopic (exact) mass is 362 g/mol. The lowest BCUT2D eigenvalue weighted by Crippen LogP contribution is -2.53. The predicted octanol–water partition coefficient (Wildman–Crippen LogP) is 1.83. The average Bonchev–Trinajstić information content (AvgIpc) is 3.05. The van der Waals surface area contributed by atoms with E-state index in [4.69, 9.17) is 0 Å². The summed E-state index contributed by atoms with van der Waals surface area (Å²) in [5, 5.41) is 0. The van der Waals surface area contributed by atoms with Gasteiger partial charge in [0.05, 0.1) is 4.90 Å². The van der Waals surface area contributed by atoms with Crippen LogP contribution >= 0.6 is 0 Å². The second kappa shape index (κ2) is 5.92. The van der Waals surface area contributed by atoms with E-state index < -0.39 is 10.0 Å². The molecule has 2 atom stereocenters. The van der Waals surface area contributed by atoms with Gasteiger partial charge in [0, 0.05) is 31.0 Å². The van der Waals surface area contributed by atoms with Crippen LogP contribution < -0.4 is 0 Å². The van der Waals surface area contributed by atoms with Crippen molar-refractivity contribution < 1.29 is 18.0 Å². The van der Waals surface area contributed by atoms with Crippen molar-refractivity contribution in [3.8, 4) is 0 Å². The summed E-state index contributed by atoms with van der Waals surface area (Å²) in [6.45, 7) is 1.93. The van der Waals surface area contributed by atoms with E-state index in [-0.39, 0.29) is 42.8 Å². The molecule has 2 amide bonds. The van der Waals surface area contributed by atoms with Gasteiger partial charge in [-0.15, -0.1) is 0 Å². The highest BCUT2D eigenvalue weighted by Gasteiger charge is 2.50. The molecule has 3 aliphatic rings. The fourth-order valence-corrected chi connectivity index (χ4v) is 6.43. The van der Waals surface area contributed by atoms with Crippen LogP contribution in [-0.2, 0) is 19.6 Å². The van der Waals surface area contributed by atoms with Crippen molar-refractivity contribution in [1.82, 2.24) is 9.21 Å². The van der Waals surface area contributed by atoms with Gasteiger partial charge in [0.15, 0.2) is 0 Å². The summed E-state index contributed by atoms with van der Waals surface area (Å²) in [7, 11) is -3.54. The third kappa shape index (κ3) is 2.69. The first-order valence-electron chi connectivity index (χ1n) is 8.83. The summed E-state index contributed by atoms with van der Waals surface area (Å²) >= 11 is 0. The number of imide groups is 1. The molecule has 0 radical (unpaired) electrons. The van der Waals surface area contributed by atoms with E-state index in [0.717, 1.165) is 18.4 Å². The van der Waals surface area contributed by atoms with Crippen molar-refractivity contribution in [3.05, 3.63) is 29.8 Å². The minimum absolute atomic E-state index is 0.107. The second-order valence-electron chi connectivity index (χ2n) is 7.32. The maximum atomic E-state index is 13.1. The molecule has 3 fully saturated rings. The van der Waals surface area contributed by atoms with Crippen LogP contribution in [0.1, 0.15) is 44.1 Å². The molecular weight excluding hydrogens is 340 g/mol. The second-order valence-corrected chi connectivity index (χ2v) is 9.16. The number of piperidine rings is 1. The van der Waals surface area contributed by atoms with Gasteiger partial charge in [-0.25, -0.2) is 8.42 Å². The molecule has 0 saturated carbocycles. The van der Waals surface area contributed by atoms with Crippen LogP contribution in [-0.4, -0.2) is 47.6 Å². The number of rotatable bonds is 3. The zero-order valence-corrected chi connectivity index (χ0v) is 15.0. The smallest absolute Gasteiger partial charge is 0.243 e. The number of hydrogen-bond acceptors (Lipinski definition) is 4. The quantitative estimate of drug-likeness (QED) is 0.769. The van der Waals surface area contributed by atoms with Crippen LogP contribution in [0.25, 0.3) is 0 Å². The van der Waals surface area contributed by atoms with E-state index in [1.807, 2.05) is 19.1 Å². The Morgan fingerprint density at radius 2 is 1.40 bits per heavy atom. The van der Waals surface area contributed by atoms with Gasteiger partial charge in [0.2, 0.25) is 21.8 Å². The molecule has 3 saturated heterocycles. The van der Waals surface area contributed by atoms with E-state index in [1.54, 1.807) is 16.4 Å². The predicted molar refractivity (Wildman–Crippen MR) is 91.1 cm³/mol. The van der Waals surface area contributed by atoms with E-state index in [0.29, 0.717) is 17.7 Å². The largest absolute Gasteiger partial charge is 0.279 e. The van der Waals surface area contributed by atoms with Gasteiger partial charge < -0.3 is 0 Å². The van der Waals surface area contributed by atoms with Crippen LogP contribution in [0, 0.1) is 6.92 Å². The number of carbonyl (C=O) groups is 2. The van der Waals surface area contributed by atoms with Gasteiger partial charge in [-0.05, 0) is 44.7 Å². The van der Waals surface area contributed by atoms with E-state index in [2.05, 4.69) is 0 Å². The van der Waals surface area contributed by atoms with Gasteiger partial charge in [-0.1, -0.05) is 17.7 Å². The standard InChI is InChI=1S/C18H22N2O4S/c1-12-2-6-16(7-3-12)25(23,24)20-13-4-5-14(20)11-15(10-13)19-17(21)8-9-18(19)22/h2-3,6-7,13-15H,4-5,8-11H2,1H3. The number of hydrogen-bond donors (Lipinski definition) is 0. The van der Waals surface area contributed by atoms with Crippen molar-refractivity contribution in [2.75, 3.05) is 0 Å². The maximum absolute atomic E-state index is 13.1. The van der Waals surface area contributed by atoms with Crippen molar-refractivity contribution in [2.24, 2.45) is 0 Å². The highest BCUT2D eigenvalue weighted by Crippen LogP contribution is 2.42. The zero-order valence-electron chi connectivity index (χ0n) is 14.2. The van der Waals surface area contributed by atoms with E-state index in [1.165, 1.54) is 4.90 Å². The third-order valence-electron chi connectivity index (χ3n) is 5.69. The number of benzene rings is 1. The molecule has 0 aromatic heterocycles. The minimum Gasteiger partial charge on any atom is -0.279 e. The Labute approximate surface area is 147 Å². The molecule has 1 aromatic carbocycles. The number of aryl methyl sites for hydroxylation is 1. The molecule has 7 heteroatoms. The van der Waals surface area contributed by atoms with Gasteiger partial charge in [0.25, 0.3) is 0 Å². The number of likely N-dealkylation sites (tertiary alicyclic amines) is 1. The van der Waals surface area contributed by atoms with Crippen LogP contribution in [0.2, 0.25) is 0 Å². The zero-order chi connectivity index (χ0) is 17.8. The van der Waals surface area contributed by atoms with Crippen molar-refractivity contribution in [2.45, 2.75) is 68.5 Å². The van der Waals surface area contributed by atoms with Crippen molar-refractivity contribution in [3.63, 3.8) is 0 Å². The molecule has 1 aromatic rings. The lowest BCUT2D eigenvalue weighted by atomic mass is 9.98. The molecule has 6 nitrogen and oxygen atoms in total. The molecule has 134 valence electrons. The molecule has 2 unspecified atom stereocenters. The fourth-order valence-electron chi connectivity index (χ4n) is 4.54. The molecule has 0 N–H and O–H groups in total. The summed E-state index contributed by atoms with van der Waals surface area (Å²) in [6, 6.07) is 6.52. The maximum Gasteiger partial charge on any atom is 0.243 e. The first kappa shape index (κ1) is 16.7. The summed E-state index contributed by atoms with van der Waals surface area (Å²) < 4.78 is 27.8. The lowest BCUT2D eigenvalue weighted by molar-refractivity contribution is -0.142. The average molecular weight is 362 g/mol. The van der Waals surface area contributed by atoms with Gasteiger partial charge >= 0.3 is 0 Å². The van der Waals surface area contributed by atoms with Gasteiger partial charge in [0.1, 0.15) is 0 Å². The Hall–Kier alpha value is -1.73. The van der Waals surface area contributed by atoms with Crippen LogP contribution in [0.4, 0.5) is 0 Å². The number of nitrogens with zero attached hydrogens (tertiary/aromatic N) is 2. The lowest BCUT2D eigenvalue weighted by Gasteiger charge is -2.40. The topological polar surface area (TPSA) is 74.8 Å². The highest BCUT2D eigenvalue weighted by molar-refractivity contribution is 7.89. The number of amides is 2. The van der Waals surface area contributed by atoms with E-state index >= 15 is 0 Å². The molecule has 3 heterocycles. The highest BCUT2D eigenvalue weighted by atomic mass is 32.2. The Balaban J connectivity index is 1.59. The first-order valence-corrected chi connectivity index (χ1v) is 10.3. The minimum atomic E-state index is -3.54. The SMILES string of the molecule is Cc1ccc(S(=O)(=O)N2C3CCC2CC(N2C(=O)CCC2=O)C3)cc1.